The largest absolute Gasteiger partial charge is 0.462 e. The molecule has 246 valence electrons. The summed E-state index contributed by atoms with van der Waals surface area (Å²) in [4.78, 5) is 36.4. The van der Waals surface area contributed by atoms with E-state index in [1.165, 1.54) is 28.4 Å². The Labute approximate surface area is 282 Å². The highest BCUT2D eigenvalue weighted by Gasteiger charge is 2.34. The highest BCUT2D eigenvalue weighted by Crippen LogP contribution is 2.36. The predicted octanol–water partition coefficient (Wildman–Crippen LogP) is 5.01. The van der Waals surface area contributed by atoms with E-state index in [-0.39, 0.29) is 18.4 Å². The molecular formula is C38H42N8O2. The maximum Gasteiger partial charge on any atom is 0.318 e. The van der Waals surface area contributed by atoms with Gasteiger partial charge >= 0.3 is 6.01 Å². The smallest absolute Gasteiger partial charge is 0.318 e. The molecule has 2 aromatic carbocycles. The molecule has 5 heterocycles. The van der Waals surface area contributed by atoms with Gasteiger partial charge in [-0.15, -0.1) is 0 Å². The number of pyridine rings is 1. The Kier molecular flexibility index (Phi) is 9.21. The third kappa shape index (κ3) is 6.56. The number of hydrogen-bond acceptors (Lipinski definition) is 9. The van der Waals surface area contributed by atoms with Crippen molar-refractivity contribution in [2.45, 2.75) is 51.2 Å². The zero-order chi connectivity index (χ0) is 33.0. The van der Waals surface area contributed by atoms with Gasteiger partial charge in [0, 0.05) is 67.3 Å². The molecule has 1 amide bonds. The summed E-state index contributed by atoms with van der Waals surface area (Å²) in [7, 11) is 2.15. The minimum absolute atomic E-state index is 0.103. The van der Waals surface area contributed by atoms with E-state index in [4.69, 9.17) is 14.7 Å². The van der Waals surface area contributed by atoms with E-state index in [1.54, 1.807) is 24.5 Å². The van der Waals surface area contributed by atoms with Crippen LogP contribution in [0.25, 0.3) is 16.8 Å². The molecule has 2 saturated heterocycles. The number of ether oxygens (including phenoxy) is 1. The first-order valence-corrected chi connectivity index (χ1v) is 16.9. The van der Waals surface area contributed by atoms with E-state index in [1.807, 2.05) is 17.0 Å². The molecule has 0 spiro atoms. The molecule has 0 unspecified atom stereocenters. The Morgan fingerprint density at radius 2 is 1.92 bits per heavy atom. The van der Waals surface area contributed by atoms with Crippen LogP contribution in [0.3, 0.4) is 0 Å². The van der Waals surface area contributed by atoms with Gasteiger partial charge in [0.15, 0.2) is 0 Å². The van der Waals surface area contributed by atoms with Crippen molar-refractivity contribution in [2.24, 2.45) is 0 Å². The van der Waals surface area contributed by atoms with Gasteiger partial charge in [-0.3, -0.25) is 9.78 Å². The number of carbonyl (C=O) groups excluding carboxylic acids is 1. The number of amides is 1. The topological polar surface area (TPSA) is 102 Å². The van der Waals surface area contributed by atoms with Gasteiger partial charge in [-0.05, 0) is 74.5 Å². The van der Waals surface area contributed by atoms with Crippen molar-refractivity contribution >= 4 is 34.3 Å². The first-order valence-electron chi connectivity index (χ1n) is 16.9. The van der Waals surface area contributed by atoms with Gasteiger partial charge in [0.2, 0.25) is 5.91 Å². The van der Waals surface area contributed by atoms with Crippen LogP contribution < -0.4 is 14.5 Å². The Balaban J connectivity index is 1.18. The van der Waals surface area contributed by atoms with E-state index in [2.05, 4.69) is 76.1 Å². The zero-order valence-corrected chi connectivity index (χ0v) is 27.8. The predicted molar refractivity (Wildman–Crippen MR) is 188 cm³/mol. The Morgan fingerprint density at radius 1 is 1.04 bits per heavy atom. The van der Waals surface area contributed by atoms with Crippen LogP contribution in [0.2, 0.25) is 0 Å². The lowest BCUT2D eigenvalue weighted by atomic mass is 9.99. The number of nitrogens with zero attached hydrogens (tertiary/aromatic N) is 8. The molecule has 3 aliphatic heterocycles. The highest BCUT2D eigenvalue weighted by molar-refractivity contribution is 5.97. The molecular weight excluding hydrogens is 600 g/mol. The van der Waals surface area contributed by atoms with E-state index in [9.17, 15) is 10.1 Å². The van der Waals surface area contributed by atoms with Crippen molar-refractivity contribution in [1.29, 1.82) is 5.26 Å². The molecule has 3 aliphatic rings. The fourth-order valence-corrected chi connectivity index (χ4v) is 7.41. The summed E-state index contributed by atoms with van der Waals surface area (Å²) in [5.41, 5.74) is 5.43. The SMILES string of the molecule is Cc1cccc2cccc(N3CCc4c(nc(OC[C@@H]5CCCN5C)nc4N4CCN(C(=O)/C=C/c5cccnc5)[C@@H](CC#N)C4)C3)c12. The van der Waals surface area contributed by atoms with Gasteiger partial charge in [0.25, 0.3) is 0 Å². The van der Waals surface area contributed by atoms with Gasteiger partial charge in [-0.25, -0.2) is 0 Å². The molecule has 10 nitrogen and oxygen atoms in total. The second-order valence-electron chi connectivity index (χ2n) is 13.1. The number of aromatic nitrogens is 3. The van der Waals surface area contributed by atoms with Crippen LogP contribution in [0.5, 0.6) is 6.01 Å². The Bertz CT molecular complexity index is 1850. The summed E-state index contributed by atoms with van der Waals surface area (Å²) in [5.74, 6) is 0.763. The van der Waals surface area contributed by atoms with E-state index in [0.29, 0.717) is 44.8 Å². The minimum Gasteiger partial charge on any atom is -0.462 e. The lowest BCUT2D eigenvalue weighted by molar-refractivity contribution is -0.128. The summed E-state index contributed by atoms with van der Waals surface area (Å²) < 4.78 is 6.36. The maximum absolute atomic E-state index is 13.3. The van der Waals surface area contributed by atoms with E-state index in [0.717, 1.165) is 48.6 Å². The van der Waals surface area contributed by atoms with Gasteiger partial charge in [0.1, 0.15) is 12.4 Å². The molecule has 10 heteroatoms. The molecule has 0 aliphatic carbocycles. The number of piperazine rings is 1. The quantitative estimate of drug-likeness (QED) is 0.246. The van der Waals surface area contributed by atoms with Crippen LogP contribution in [0.15, 0.2) is 67.0 Å². The van der Waals surface area contributed by atoms with Gasteiger partial charge in [0.05, 0.1) is 30.8 Å². The summed E-state index contributed by atoms with van der Waals surface area (Å²) >= 11 is 0. The molecule has 48 heavy (non-hydrogen) atoms. The summed E-state index contributed by atoms with van der Waals surface area (Å²) in [5, 5.41) is 12.3. The lowest BCUT2D eigenvalue weighted by Crippen LogP contribution is -2.55. The standard InChI is InChI=1S/C38H42N8O2/c1-27-7-3-9-29-10-4-12-34(36(27)29)44-20-16-32-33(25-44)41-38(48-26-31-11-6-19-43(31)2)42-37(32)45-21-22-46(30(24-45)15-17-39)35(47)14-13-28-8-5-18-40-23-28/h3-5,7-10,12-14,18,23,30-31H,6,11,15-16,19-22,24-26H2,1-2H3/b14-13+/t30-,31-/m0/s1. The van der Waals surface area contributed by atoms with Crippen molar-refractivity contribution in [1.82, 2.24) is 24.8 Å². The lowest BCUT2D eigenvalue weighted by Gasteiger charge is -2.42. The summed E-state index contributed by atoms with van der Waals surface area (Å²) in [6, 6.07) is 19.5. The first-order chi connectivity index (χ1) is 23.5. The zero-order valence-electron chi connectivity index (χ0n) is 27.8. The van der Waals surface area contributed by atoms with Crippen molar-refractivity contribution in [2.75, 3.05) is 56.2 Å². The van der Waals surface area contributed by atoms with Gasteiger partial charge in [-0.2, -0.15) is 15.2 Å². The molecule has 0 saturated carbocycles. The number of benzene rings is 2. The van der Waals surface area contributed by atoms with Crippen molar-refractivity contribution in [3.8, 4) is 12.1 Å². The van der Waals surface area contributed by atoms with Crippen molar-refractivity contribution in [3.05, 3.63) is 89.4 Å². The number of likely N-dealkylation sites (N-methyl/N-ethyl adjacent to an activating group) is 1. The third-order valence-corrected chi connectivity index (χ3v) is 10.0. The average Bonchev–Trinajstić information content (AvgIpc) is 3.53. The Hall–Kier alpha value is -5.01. The number of rotatable bonds is 8. The highest BCUT2D eigenvalue weighted by atomic mass is 16.5. The molecule has 2 atom stereocenters. The second kappa shape index (κ2) is 14.0. The number of aryl methyl sites for hydroxylation is 1. The number of carbonyl (C=O) groups is 1. The molecule has 0 radical (unpaired) electrons. The van der Waals surface area contributed by atoms with Crippen LogP contribution in [0.1, 0.15) is 41.6 Å². The number of fused-ring (bicyclic) bond motifs is 2. The van der Waals surface area contributed by atoms with Crippen molar-refractivity contribution < 1.29 is 9.53 Å². The number of likely N-dealkylation sites (tertiary alicyclic amines) is 1. The van der Waals surface area contributed by atoms with E-state index >= 15 is 0 Å². The maximum atomic E-state index is 13.3. The monoisotopic (exact) mass is 642 g/mol. The molecule has 2 fully saturated rings. The number of nitriles is 1. The van der Waals surface area contributed by atoms with Crippen LogP contribution in [0.4, 0.5) is 11.5 Å². The number of hydrogen-bond donors (Lipinski definition) is 0. The first kappa shape index (κ1) is 31.6. The van der Waals surface area contributed by atoms with Gasteiger partial charge in [-0.1, -0.05) is 36.4 Å². The summed E-state index contributed by atoms with van der Waals surface area (Å²) in [6.45, 7) is 6.89. The second-order valence-corrected chi connectivity index (χ2v) is 13.1. The van der Waals surface area contributed by atoms with Crippen LogP contribution in [0, 0.1) is 18.3 Å². The molecule has 0 N–H and O–H groups in total. The summed E-state index contributed by atoms with van der Waals surface area (Å²) in [6.07, 6.45) is 10.1. The van der Waals surface area contributed by atoms with E-state index < -0.39 is 0 Å². The molecule has 2 aromatic heterocycles. The Morgan fingerprint density at radius 3 is 2.71 bits per heavy atom. The fourth-order valence-electron chi connectivity index (χ4n) is 7.41. The normalized spacial score (nSPS) is 19.9. The minimum atomic E-state index is -0.268. The van der Waals surface area contributed by atoms with Crippen LogP contribution in [-0.4, -0.2) is 89.1 Å². The third-order valence-electron chi connectivity index (χ3n) is 10.0. The van der Waals surface area contributed by atoms with Gasteiger partial charge < -0.3 is 24.3 Å². The van der Waals surface area contributed by atoms with Crippen LogP contribution >= 0.6 is 0 Å². The number of anilines is 2. The van der Waals surface area contributed by atoms with Crippen LogP contribution in [-0.2, 0) is 17.8 Å². The average molecular weight is 643 g/mol. The molecule has 4 aromatic rings. The van der Waals surface area contributed by atoms with Crippen molar-refractivity contribution in [3.63, 3.8) is 0 Å². The molecule has 7 rings (SSSR count). The molecule has 0 bridgehead atoms. The fraction of sp³-hybridized carbons (Fsp3) is 0.395.